The number of rotatable bonds is 2. The molecular formula is C17H16FN3. The van der Waals surface area contributed by atoms with Gasteiger partial charge in [-0.05, 0) is 36.4 Å². The second-order valence-corrected chi connectivity index (χ2v) is 5.21. The van der Waals surface area contributed by atoms with E-state index in [1.165, 1.54) is 12.1 Å². The van der Waals surface area contributed by atoms with E-state index in [2.05, 4.69) is 4.98 Å². The first-order valence-corrected chi connectivity index (χ1v) is 6.68. The lowest BCUT2D eigenvalue weighted by molar-refractivity contribution is 0.628. The summed E-state index contributed by atoms with van der Waals surface area (Å²) in [6, 6.07) is 14.0. The number of aromatic nitrogens is 1. The minimum Gasteiger partial charge on any atom is -0.399 e. The number of benzene rings is 2. The smallest absolute Gasteiger partial charge is 0.123 e. The van der Waals surface area contributed by atoms with Crippen LogP contribution in [0.1, 0.15) is 0 Å². The van der Waals surface area contributed by atoms with Crippen LogP contribution in [0.4, 0.5) is 15.8 Å². The normalized spacial score (nSPS) is 10.8. The summed E-state index contributed by atoms with van der Waals surface area (Å²) in [7, 11) is 3.93. The zero-order valence-corrected chi connectivity index (χ0v) is 12.0. The van der Waals surface area contributed by atoms with Gasteiger partial charge in [0.05, 0.1) is 11.2 Å². The molecule has 0 saturated heterocycles. The van der Waals surface area contributed by atoms with E-state index >= 15 is 0 Å². The summed E-state index contributed by atoms with van der Waals surface area (Å²) in [4.78, 5) is 6.63. The SMILES string of the molecule is CN(C)c1cc(-c2cccc(F)c2)nc2ccc(N)cc12. The molecule has 3 nitrogen and oxygen atoms in total. The van der Waals surface area contributed by atoms with Crippen LogP contribution in [0.15, 0.2) is 48.5 Å². The predicted molar refractivity (Wildman–Crippen MR) is 85.9 cm³/mol. The van der Waals surface area contributed by atoms with Gasteiger partial charge in [0.25, 0.3) is 0 Å². The molecule has 0 aliphatic rings. The second-order valence-electron chi connectivity index (χ2n) is 5.21. The van der Waals surface area contributed by atoms with Crippen LogP contribution in [0.3, 0.4) is 0 Å². The van der Waals surface area contributed by atoms with Crippen LogP contribution in [0.5, 0.6) is 0 Å². The molecule has 4 heteroatoms. The molecule has 3 rings (SSSR count). The van der Waals surface area contributed by atoms with Crippen molar-refractivity contribution in [2.75, 3.05) is 24.7 Å². The zero-order chi connectivity index (χ0) is 15.0. The van der Waals surface area contributed by atoms with Crippen LogP contribution in [0.25, 0.3) is 22.2 Å². The molecule has 0 aliphatic heterocycles. The summed E-state index contributed by atoms with van der Waals surface area (Å²) in [6.45, 7) is 0. The number of pyridine rings is 1. The molecule has 106 valence electrons. The molecule has 2 N–H and O–H groups in total. The summed E-state index contributed by atoms with van der Waals surface area (Å²) in [6.07, 6.45) is 0. The maximum Gasteiger partial charge on any atom is 0.123 e. The van der Waals surface area contributed by atoms with Gasteiger partial charge >= 0.3 is 0 Å². The topological polar surface area (TPSA) is 42.2 Å². The van der Waals surface area contributed by atoms with Crippen molar-refractivity contribution in [1.82, 2.24) is 4.98 Å². The summed E-state index contributed by atoms with van der Waals surface area (Å²) in [5.74, 6) is -0.266. The van der Waals surface area contributed by atoms with Gasteiger partial charge in [-0.1, -0.05) is 12.1 Å². The van der Waals surface area contributed by atoms with Crippen molar-refractivity contribution < 1.29 is 4.39 Å². The molecule has 2 aromatic carbocycles. The molecule has 1 aromatic heterocycles. The Labute approximate surface area is 122 Å². The van der Waals surface area contributed by atoms with Gasteiger partial charge in [0.1, 0.15) is 5.82 Å². The van der Waals surface area contributed by atoms with Gasteiger partial charge in [-0.3, -0.25) is 0 Å². The van der Waals surface area contributed by atoms with E-state index in [9.17, 15) is 4.39 Å². The molecule has 3 aromatic rings. The van der Waals surface area contributed by atoms with Crippen LogP contribution in [-0.2, 0) is 0 Å². The third-order valence-corrected chi connectivity index (χ3v) is 3.41. The summed E-state index contributed by atoms with van der Waals surface area (Å²) in [5, 5.41) is 0.986. The Kier molecular flexibility index (Phi) is 3.22. The zero-order valence-electron chi connectivity index (χ0n) is 12.0. The largest absolute Gasteiger partial charge is 0.399 e. The number of hydrogen-bond acceptors (Lipinski definition) is 3. The highest BCUT2D eigenvalue weighted by Gasteiger charge is 2.10. The number of anilines is 2. The molecule has 0 aliphatic carbocycles. The first-order valence-electron chi connectivity index (χ1n) is 6.68. The molecule has 1 heterocycles. The first-order chi connectivity index (χ1) is 10.0. The summed E-state index contributed by atoms with van der Waals surface area (Å²) < 4.78 is 13.4. The van der Waals surface area contributed by atoms with Crippen molar-refractivity contribution in [3.05, 3.63) is 54.3 Å². The van der Waals surface area contributed by atoms with E-state index in [1.807, 2.05) is 49.3 Å². The van der Waals surface area contributed by atoms with Gasteiger partial charge < -0.3 is 10.6 Å². The van der Waals surface area contributed by atoms with Gasteiger partial charge in [0, 0.05) is 36.4 Å². The number of nitrogens with two attached hydrogens (primary N) is 1. The van der Waals surface area contributed by atoms with E-state index < -0.39 is 0 Å². The van der Waals surface area contributed by atoms with Crippen molar-refractivity contribution in [1.29, 1.82) is 0 Å². The predicted octanol–water partition coefficient (Wildman–Crippen LogP) is 3.69. The number of fused-ring (bicyclic) bond motifs is 1. The third kappa shape index (κ3) is 2.52. The first kappa shape index (κ1) is 13.4. The third-order valence-electron chi connectivity index (χ3n) is 3.41. The quantitative estimate of drug-likeness (QED) is 0.728. The van der Waals surface area contributed by atoms with Gasteiger partial charge in [-0.15, -0.1) is 0 Å². The average Bonchev–Trinajstić information content (AvgIpc) is 2.46. The summed E-state index contributed by atoms with van der Waals surface area (Å²) >= 11 is 0. The fourth-order valence-electron chi connectivity index (χ4n) is 2.39. The van der Waals surface area contributed by atoms with E-state index in [4.69, 9.17) is 5.73 Å². The van der Waals surface area contributed by atoms with Gasteiger partial charge in [0.15, 0.2) is 0 Å². The van der Waals surface area contributed by atoms with Crippen LogP contribution >= 0.6 is 0 Å². The van der Waals surface area contributed by atoms with E-state index in [1.54, 1.807) is 6.07 Å². The van der Waals surface area contributed by atoms with Crippen LogP contribution in [-0.4, -0.2) is 19.1 Å². The summed E-state index contributed by atoms with van der Waals surface area (Å²) in [5.41, 5.74) is 9.92. The average molecular weight is 281 g/mol. The van der Waals surface area contributed by atoms with Crippen LogP contribution < -0.4 is 10.6 Å². The van der Waals surface area contributed by atoms with Crippen LogP contribution in [0.2, 0.25) is 0 Å². The van der Waals surface area contributed by atoms with Crippen molar-refractivity contribution in [2.45, 2.75) is 0 Å². The van der Waals surface area contributed by atoms with E-state index in [0.29, 0.717) is 5.69 Å². The molecule has 0 bridgehead atoms. The Hall–Kier alpha value is -2.62. The highest BCUT2D eigenvalue weighted by atomic mass is 19.1. The Bertz CT molecular complexity index is 812. The Morgan fingerprint density at radius 1 is 1.05 bits per heavy atom. The highest BCUT2D eigenvalue weighted by molar-refractivity contribution is 5.95. The number of halogens is 1. The Morgan fingerprint density at radius 2 is 1.86 bits per heavy atom. The minimum absolute atomic E-state index is 0.266. The molecule has 0 unspecified atom stereocenters. The lowest BCUT2D eigenvalue weighted by atomic mass is 10.1. The molecule has 0 spiro atoms. The molecule has 21 heavy (non-hydrogen) atoms. The monoisotopic (exact) mass is 281 g/mol. The van der Waals surface area contributed by atoms with Gasteiger partial charge in [-0.25, -0.2) is 9.37 Å². The van der Waals surface area contributed by atoms with Crippen molar-refractivity contribution in [2.24, 2.45) is 0 Å². The maximum absolute atomic E-state index is 13.4. The molecule has 0 amide bonds. The molecule has 0 radical (unpaired) electrons. The highest BCUT2D eigenvalue weighted by Crippen LogP contribution is 2.31. The van der Waals surface area contributed by atoms with Crippen molar-refractivity contribution in [3.8, 4) is 11.3 Å². The molecular weight excluding hydrogens is 265 g/mol. The number of nitrogens with zero attached hydrogens (tertiary/aromatic N) is 2. The standard InChI is InChI=1S/C17H16FN3/c1-21(2)17-10-16(11-4-3-5-12(18)8-11)20-15-7-6-13(19)9-14(15)17/h3-10H,19H2,1-2H3. The fraction of sp³-hybridized carbons (Fsp3) is 0.118. The molecule has 0 fully saturated rings. The molecule has 0 saturated carbocycles. The number of hydrogen-bond donors (Lipinski definition) is 1. The second kappa shape index (κ2) is 5.05. The lowest BCUT2D eigenvalue weighted by Crippen LogP contribution is -2.10. The van der Waals surface area contributed by atoms with Gasteiger partial charge in [-0.2, -0.15) is 0 Å². The minimum atomic E-state index is -0.266. The maximum atomic E-state index is 13.4. The van der Waals surface area contributed by atoms with E-state index in [0.717, 1.165) is 27.8 Å². The van der Waals surface area contributed by atoms with Crippen molar-refractivity contribution >= 4 is 22.3 Å². The molecule has 0 atom stereocenters. The Morgan fingerprint density at radius 3 is 2.57 bits per heavy atom. The fourth-order valence-corrected chi connectivity index (χ4v) is 2.39. The lowest BCUT2D eigenvalue weighted by Gasteiger charge is -2.17. The Balaban J connectivity index is 2.28. The van der Waals surface area contributed by atoms with Crippen LogP contribution in [0, 0.1) is 5.82 Å². The van der Waals surface area contributed by atoms with Crippen molar-refractivity contribution in [3.63, 3.8) is 0 Å². The van der Waals surface area contributed by atoms with Gasteiger partial charge in [0.2, 0.25) is 0 Å². The number of nitrogen functional groups attached to an aromatic ring is 1. The van der Waals surface area contributed by atoms with E-state index in [-0.39, 0.29) is 5.82 Å².